The lowest BCUT2D eigenvalue weighted by Crippen LogP contribution is -1.73. The van der Waals surface area contributed by atoms with Crippen LogP contribution in [0.25, 0.3) is 0 Å². The molecule has 0 spiro atoms. The first kappa shape index (κ1) is 10.5. The Hall–Kier alpha value is -0.0300. The van der Waals surface area contributed by atoms with Crippen molar-refractivity contribution in [3.8, 4) is 0 Å². The molecule has 2 rings (SSSR count). The quantitative estimate of drug-likeness (QED) is 0.797. The van der Waals surface area contributed by atoms with Crippen molar-refractivity contribution >= 4 is 50.6 Å². The number of nitrogens with zero attached hydrogens (tertiary/aromatic N) is 1. The van der Waals surface area contributed by atoms with Gasteiger partial charge in [0.2, 0.25) is 0 Å². The maximum absolute atomic E-state index is 5.74. The number of benzene rings is 1. The van der Waals surface area contributed by atoms with Crippen molar-refractivity contribution in [2.45, 2.75) is 9.24 Å². The Bertz CT molecular complexity index is 444. The van der Waals surface area contributed by atoms with Crippen LogP contribution in [0.5, 0.6) is 0 Å². The number of hydrogen-bond acceptors (Lipinski definition) is 3. The fraction of sp³-hybridized carbons (Fsp3) is 0. The van der Waals surface area contributed by atoms with E-state index in [4.69, 9.17) is 11.6 Å². The minimum absolute atomic E-state index is 0.560. The van der Waals surface area contributed by atoms with Crippen molar-refractivity contribution in [2.75, 3.05) is 0 Å². The van der Waals surface area contributed by atoms with E-state index in [0.29, 0.717) is 5.15 Å². The molecule has 0 radical (unpaired) electrons. The van der Waals surface area contributed by atoms with Gasteiger partial charge >= 0.3 is 0 Å². The average Bonchev–Trinajstić information content (AvgIpc) is 2.56. The zero-order valence-electron chi connectivity index (χ0n) is 6.91. The molecule has 0 aliphatic carbocycles. The van der Waals surface area contributed by atoms with Crippen molar-refractivity contribution in [3.05, 3.63) is 39.3 Å². The molecule has 0 bridgehead atoms. The van der Waals surface area contributed by atoms with Crippen LogP contribution in [-0.4, -0.2) is 4.98 Å². The summed E-state index contributed by atoms with van der Waals surface area (Å²) in [5.74, 6) is 0. The molecule has 5 heteroatoms. The molecule has 1 nitrogen and oxygen atoms in total. The molecule has 2 aromatic rings. The topological polar surface area (TPSA) is 12.9 Å². The molecule has 0 aliphatic rings. The largest absolute Gasteiger partial charge is 0.218 e. The number of thiazole rings is 1. The highest BCUT2D eigenvalue weighted by atomic mass is 79.9. The summed E-state index contributed by atoms with van der Waals surface area (Å²) < 4.78 is 2.04. The van der Waals surface area contributed by atoms with E-state index in [1.54, 1.807) is 23.1 Å². The van der Waals surface area contributed by atoms with Crippen LogP contribution in [0.3, 0.4) is 0 Å². The smallest absolute Gasteiger partial charge is 0.156 e. The first-order valence-corrected chi connectivity index (χ1v) is 6.66. The van der Waals surface area contributed by atoms with Crippen LogP contribution in [0.15, 0.2) is 43.4 Å². The highest BCUT2D eigenvalue weighted by molar-refractivity contribution is 9.10. The van der Waals surface area contributed by atoms with Gasteiger partial charge in [0.25, 0.3) is 0 Å². The molecule has 1 aromatic heterocycles. The Kier molecular flexibility index (Phi) is 3.49. The van der Waals surface area contributed by atoms with Gasteiger partial charge in [-0.25, -0.2) is 4.98 Å². The molecule has 0 atom stereocenters. The first-order valence-electron chi connectivity index (χ1n) is 3.79. The van der Waals surface area contributed by atoms with Crippen LogP contribution in [0.2, 0.25) is 5.15 Å². The number of rotatable bonds is 2. The van der Waals surface area contributed by atoms with Crippen molar-refractivity contribution in [1.29, 1.82) is 0 Å². The zero-order chi connectivity index (χ0) is 9.97. The van der Waals surface area contributed by atoms with Gasteiger partial charge < -0.3 is 0 Å². The van der Waals surface area contributed by atoms with Gasteiger partial charge in [-0.1, -0.05) is 35.5 Å². The summed E-state index contributed by atoms with van der Waals surface area (Å²) in [5.41, 5.74) is 0. The normalized spacial score (nSPS) is 10.4. The average molecular weight is 307 g/mol. The summed E-state index contributed by atoms with van der Waals surface area (Å²) in [5, 5.41) is 2.39. The molecule has 1 heterocycles. The van der Waals surface area contributed by atoms with Gasteiger partial charge in [0.1, 0.15) is 5.15 Å². The van der Waals surface area contributed by atoms with Crippen LogP contribution in [0.1, 0.15) is 0 Å². The Morgan fingerprint density at radius 1 is 1.36 bits per heavy atom. The lowest BCUT2D eigenvalue weighted by atomic mass is 10.4. The molecule has 1 aromatic carbocycles. The molecule has 0 saturated heterocycles. The van der Waals surface area contributed by atoms with E-state index in [2.05, 4.69) is 20.9 Å². The molecule has 0 N–H and O–H groups in total. The molecule has 0 saturated carbocycles. The summed E-state index contributed by atoms with van der Waals surface area (Å²) in [4.78, 5) is 5.32. The predicted molar refractivity (Wildman–Crippen MR) is 65.4 cm³/mol. The van der Waals surface area contributed by atoms with Crippen LogP contribution < -0.4 is 0 Å². The minimum atomic E-state index is 0.560. The first-order chi connectivity index (χ1) is 6.75. The number of halogens is 2. The van der Waals surface area contributed by atoms with E-state index in [0.717, 1.165) is 13.7 Å². The fourth-order valence-electron chi connectivity index (χ4n) is 0.907. The van der Waals surface area contributed by atoms with E-state index in [9.17, 15) is 0 Å². The van der Waals surface area contributed by atoms with Crippen LogP contribution in [0.4, 0.5) is 0 Å². The monoisotopic (exact) mass is 305 g/mol. The van der Waals surface area contributed by atoms with Crippen molar-refractivity contribution in [3.63, 3.8) is 0 Å². The van der Waals surface area contributed by atoms with E-state index in [-0.39, 0.29) is 0 Å². The number of hydrogen-bond donors (Lipinski definition) is 0. The summed E-state index contributed by atoms with van der Waals surface area (Å²) >= 11 is 12.4. The SMILES string of the molecule is Clc1csc(Sc2ccccc2Br)n1. The molecule has 14 heavy (non-hydrogen) atoms. The van der Waals surface area contributed by atoms with E-state index in [1.807, 2.05) is 29.6 Å². The summed E-state index contributed by atoms with van der Waals surface area (Å²) in [6.07, 6.45) is 0. The maximum Gasteiger partial charge on any atom is 0.156 e. The zero-order valence-corrected chi connectivity index (χ0v) is 10.9. The Labute approximate surface area is 104 Å². The maximum atomic E-state index is 5.74. The van der Waals surface area contributed by atoms with Gasteiger partial charge in [0, 0.05) is 14.7 Å². The lowest BCUT2D eigenvalue weighted by molar-refractivity contribution is 1.24. The third-order valence-corrected chi connectivity index (χ3v) is 4.78. The van der Waals surface area contributed by atoms with Crippen LogP contribution in [-0.2, 0) is 0 Å². The second kappa shape index (κ2) is 4.66. The van der Waals surface area contributed by atoms with Crippen LogP contribution in [0, 0.1) is 0 Å². The molecular formula is C9H5BrClNS2. The second-order valence-electron chi connectivity index (χ2n) is 2.47. The Morgan fingerprint density at radius 3 is 2.79 bits per heavy atom. The fourth-order valence-corrected chi connectivity index (χ4v) is 3.41. The van der Waals surface area contributed by atoms with Gasteiger partial charge in [-0.2, -0.15) is 0 Å². The highest BCUT2D eigenvalue weighted by Crippen LogP contribution is 2.35. The van der Waals surface area contributed by atoms with Crippen LogP contribution >= 0.6 is 50.6 Å². The third-order valence-electron chi connectivity index (χ3n) is 1.49. The molecular weight excluding hydrogens is 302 g/mol. The van der Waals surface area contributed by atoms with Gasteiger partial charge in [0.15, 0.2) is 4.34 Å². The second-order valence-corrected chi connectivity index (χ2v) is 5.86. The lowest BCUT2D eigenvalue weighted by Gasteiger charge is -1.99. The Balaban J connectivity index is 2.23. The Morgan fingerprint density at radius 2 is 2.14 bits per heavy atom. The molecule has 0 unspecified atom stereocenters. The van der Waals surface area contributed by atoms with E-state index >= 15 is 0 Å². The molecule has 0 fully saturated rings. The summed E-state index contributed by atoms with van der Waals surface area (Å²) in [7, 11) is 0. The summed E-state index contributed by atoms with van der Waals surface area (Å²) in [6.45, 7) is 0. The van der Waals surface area contributed by atoms with Gasteiger partial charge in [-0.15, -0.1) is 11.3 Å². The standard InChI is InChI=1S/C9H5BrClNS2/c10-6-3-1-2-4-7(6)14-9-12-8(11)5-13-9/h1-5H. The minimum Gasteiger partial charge on any atom is -0.218 e. The summed E-state index contributed by atoms with van der Waals surface area (Å²) in [6, 6.07) is 8.05. The van der Waals surface area contributed by atoms with E-state index < -0.39 is 0 Å². The highest BCUT2D eigenvalue weighted by Gasteiger charge is 2.04. The van der Waals surface area contributed by atoms with Gasteiger partial charge in [-0.3, -0.25) is 0 Å². The van der Waals surface area contributed by atoms with Crippen molar-refractivity contribution in [1.82, 2.24) is 4.98 Å². The van der Waals surface area contributed by atoms with E-state index in [1.165, 1.54) is 0 Å². The predicted octanol–water partition coefficient (Wildman–Crippen LogP) is 4.71. The van der Waals surface area contributed by atoms with Gasteiger partial charge in [0.05, 0.1) is 0 Å². The van der Waals surface area contributed by atoms with Crippen molar-refractivity contribution in [2.24, 2.45) is 0 Å². The number of aromatic nitrogens is 1. The van der Waals surface area contributed by atoms with Gasteiger partial charge in [-0.05, 0) is 28.1 Å². The molecule has 0 aliphatic heterocycles. The van der Waals surface area contributed by atoms with Crippen molar-refractivity contribution < 1.29 is 0 Å². The molecule has 72 valence electrons. The third kappa shape index (κ3) is 2.51. The molecule has 0 amide bonds.